The first kappa shape index (κ1) is 15.9. The monoisotopic (exact) mass is 326 g/mol. The van der Waals surface area contributed by atoms with Gasteiger partial charge in [-0.2, -0.15) is 0 Å². The number of hydrogen-bond donors (Lipinski definition) is 1. The number of ether oxygens (including phenoxy) is 2. The third-order valence-corrected chi connectivity index (χ3v) is 3.63. The number of aryl methyl sites for hydroxylation is 1. The van der Waals surface area contributed by atoms with Crippen molar-refractivity contribution in [1.82, 2.24) is 10.3 Å². The van der Waals surface area contributed by atoms with E-state index in [2.05, 4.69) is 10.3 Å². The average Bonchev–Trinajstić information content (AvgIpc) is 2.98. The molecule has 124 valence electrons. The summed E-state index contributed by atoms with van der Waals surface area (Å²) in [6, 6.07) is 10.7. The molecule has 0 aliphatic carbocycles. The zero-order valence-corrected chi connectivity index (χ0v) is 13.8. The van der Waals surface area contributed by atoms with Crippen molar-refractivity contribution in [2.45, 2.75) is 13.5 Å². The summed E-state index contributed by atoms with van der Waals surface area (Å²) in [4.78, 5) is 16.6. The highest BCUT2D eigenvalue weighted by molar-refractivity contribution is 5.95. The molecule has 0 unspecified atom stereocenters. The maximum absolute atomic E-state index is 12.4. The molecule has 1 aromatic heterocycles. The minimum absolute atomic E-state index is 0.207. The molecule has 0 radical (unpaired) electrons. The molecule has 0 atom stereocenters. The fourth-order valence-electron chi connectivity index (χ4n) is 2.42. The molecule has 2 aromatic carbocycles. The molecule has 0 fully saturated rings. The summed E-state index contributed by atoms with van der Waals surface area (Å²) in [6.45, 7) is 2.19. The summed E-state index contributed by atoms with van der Waals surface area (Å²) in [5, 5.41) is 2.88. The Morgan fingerprint density at radius 2 is 1.83 bits per heavy atom. The summed E-state index contributed by atoms with van der Waals surface area (Å²) < 4.78 is 15.9. The second-order valence-electron chi connectivity index (χ2n) is 5.32. The Hall–Kier alpha value is -3.02. The Balaban J connectivity index is 1.74. The van der Waals surface area contributed by atoms with Crippen LogP contribution in [0.15, 0.2) is 40.8 Å². The molecule has 1 N–H and O–H groups in total. The zero-order valence-electron chi connectivity index (χ0n) is 13.8. The summed E-state index contributed by atoms with van der Waals surface area (Å²) >= 11 is 0. The normalized spacial score (nSPS) is 10.6. The Morgan fingerprint density at radius 3 is 2.50 bits per heavy atom. The molecular formula is C18H18N2O4. The first-order valence-electron chi connectivity index (χ1n) is 7.46. The van der Waals surface area contributed by atoms with E-state index in [1.54, 1.807) is 39.3 Å². The van der Waals surface area contributed by atoms with Gasteiger partial charge in [-0.15, -0.1) is 0 Å². The number of aromatic nitrogens is 1. The van der Waals surface area contributed by atoms with Crippen LogP contribution in [0.4, 0.5) is 0 Å². The molecule has 6 heteroatoms. The fourth-order valence-corrected chi connectivity index (χ4v) is 2.42. The first-order chi connectivity index (χ1) is 11.6. The van der Waals surface area contributed by atoms with Gasteiger partial charge in [-0.25, -0.2) is 4.98 Å². The molecule has 0 bridgehead atoms. The number of rotatable bonds is 5. The van der Waals surface area contributed by atoms with Gasteiger partial charge in [-0.3, -0.25) is 4.79 Å². The van der Waals surface area contributed by atoms with Crippen molar-refractivity contribution >= 4 is 17.0 Å². The van der Waals surface area contributed by atoms with Crippen molar-refractivity contribution in [3.8, 4) is 11.5 Å². The second kappa shape index (κ2) is 6.62. The van der Waals surface area contributed by atoms with Crippen LogP contribution in [0.3, 0.4) is 0 Å². The lowest BCUT2D eigenvalue weighted by Gasteiger charge is -2.09. The van der Waals surface area contributed by atoms with Gasteiger partial charge in [0.2, 0.25) is 0 Å². The highest BCUT2D eigenvalue weighted by Crippen LogP contribution is 2.22. The lowest BCUT2D eigenvalue weighted by Crippen LogP contribution is -2.22. The van der Waals surface area contributed by atoms with Crippen LogP contribution < -0.4 is 14.8 Å². The van der Waals surface area contributed by atoms with Crippen LogP contribution in [0.2, 0.25) is 0 Å². The molecule has 1 heterocycles. The number of nitrogens with zero attached hydrogens (tertiary/aromatic N) is 1. The lowest BCUT2D eigenvalue weighted by atomic mass is 10.1. The number of carbonyl (C=O) groups excluding carboxylic acids is 1. The first-order valence-corrected chi connectivity index (χ1v) is 7.46. The highest BCUT2D eigenvalue weighted by Gasteiger charge is 2.10. The fraction of sp³-hybridized carbons (Fsp3) is 0.222. The van der Waals surface area contributed by atoms with Crippen molar-refractivity contribution < 1.29 is 18.7 Å². The van der Waals surface area contributed by atoms with E-state index in [0.29, 0.717) is 35.1 Å². The van der Waals surface area contributed by atoms with E-state index in [0.717, 1.165) is 11.1 Å². The largest absolute Gasteiger partial charge is 0.497 e. The summed E-state index contributed by atoms with van der Waals surface area (Å²) in [7, 11) is 3.09. The van der Waals surface area contributed by atoms with Gasteiger partial charge in [0.05, 0.1) is 14.2 Å². The van der Waals surface area contributed by atoms with E-state index in [1.807, 2.05) is 18.2 Å². The number of benzene rings is 2. The molecule has 0 aliphatic heterocycles. The number of hydrogen-bond acceptors (Lipinski definition) is 5. The number of nitrogens with one attached hydrogen (secondary N) is 1. The second-order valence-corrected chi connectivity index (χ2v) is 5.32. The third kappa shape index (κ3) is 3.32. The van der Waals surface area contributed by atoms with Crippen molar-refractivity contribution in [1.29, 1.82) is 0 Å². The molecular weight excluding hydrogens is 308 g/mol. The van der Waals surface area contributed by atoms with E-state index in [4.69, 9.17) is 13.9 Å². The molecule has 3 aromatic rings. The SMILES string of the molecule is COc1cc(OC)cc(C(=O)NCc2ccc3nc(C)oc3c2)c1. The van der Waals surface area contributed by atoms with Gasteiger partial charge >= 0.3 is 0 Å². The average molecular weight is 326 g/mol. The van der Waals surface area contributed by atoms with Crippen LogP contribution in [0, 0.1) is 6.92 Å². The summed E-state index contributed by atoms with van der Waals surface area (Å²) in [5.74, 6) is 1.55. The Labute approximate surface area is 139 Å². The standard InChI is InChI=1S/C18H18N2O4/c1-11-20-16-5-4-12(6-17(16)24-11)10-19-18(21)13-7-14(22-2)9-15(8-13)23-3/h4-9H,10H2,1-3H3,(H,19,21). The lowest BCUT2D eigenvalue weighted by molar-refractivity contribution is 0.0950. The van der Waals surface area contributed by atoms with Crippen LogP contribution in [0.25, 0.3) is 11.1 Å². The Morgan fingerprint density at radius 1 is 1.12 bits per heavy atom. The van der Waals surface area contributed by atoms with Gasteiger partial charge in [0.25, 0.3) is 5.91 Å². The number of oxazole rings is 1. The van der Waals surface area contributed by atoms with E-state index in [1.165, 1.54) is 0 Å². The van der Waals surface area contributed by atoms with Crippen molar-refractivity contribution in [2.75, 3.05) is 14.2 Å². The van der Waals surface area contributed by atoms with Gasteiger partial charge in [0.1, 0.15) is 17.0 Å². The summed E-state index contributed by atoms with van der Waals surface area (Å²) in [6.07, 6.45) is 0. The van der Waals surface area contributed by atoms with Gasteiger partial charge < -0.3 is 19.2 Å². The molecule has 0 saturated heterocycles. The van der Waals surface area contributed by atoms with Crippen LogP contribution in [-0.2, 0) is 6.54 Å². The minimum atomic E-state index is -0.207. The molecule has 0 aliphatic rings. The quantitative estimate of drug-likeness (QED) is 0.780. The smallest absolute Gasteiger partial charge is 0.251 e. The maximum atomic E-state index is 12.4. The van der Waals surface area contributed by atoms with E-state index < -0.39 is 0 Å². The van der Waals surface area contributed by atoms with Crippen LogP contribution in [0.5, 0.6) is 11.5 Å². The van der Waals surface area contributed by atoms with Gasteiger partial charge in [-0.1, -0.05) is 6.07 Å². The summed E-state index contributed by atoms with van der Waals surface area (Å²) in [5.41, 5.74) is 2.92. The topological polar surface area (TPSA) is 73.6 Å². The maximum Gasteiger partial charge on any atom is 0.251 e. The predicted octanol–water partition coefficient (Wildman–Crippen LogP) is 3.08. The Kier molecular flexibility index (Phi) is 4.37. The van der Waals surface area contributed by atoms with Crippen LogP contribution >= 0.6 is 0 Å². The van der Waals surface area contributed by atoms with Crippen molar-refractivity contribution in [3.63, 3.8) is 0 Å². The van der Waals surface area contributed by atoms with E-state index >= 15 is 0 Å². The van der Waals surface area contributed by atoms with Crippen molar-refractivity contribution in [3.05, 3.63) is 53.4 Å². The molecule has 24 heavy (non-hydrogen) atoms. The third-order valence-electron chi connectivity index (χ3n) is 3.63. The number of methoxy groups -OCH3 is 2. The minimum Gasteiger partial charge on any atom is -0.497 e. The Bertz CT molecular complexity index is 864. The molecule has 0 saturated carbocycles. The molecule has 6 nitrogen and oxygen atoms in total. The molecule has 1 amide bonds. The predicted molar refractivity (Wildman–Crippen MR) is 89.5 cm³/mol. The van der Waals surface area contributed by atoms with E-state index in [9.17, 15) is 4.79 Å². The van der Waals surface area contributed by atoms with Gasteiger partial charge in [0.15, 0.2) is 11.5 Å². The van der Waals surface area contributed by atoms with Gasteiger partial charge in [-0.05, 0) is 29.8 Å². The van der Waals surface area contributed by atoms with Crippen LogP contribution in [0.1, 0.15) is 21.8 Å². The van der Waals surface area contributed by atoms with Crippen molar-refractivity contribution in [2.24, 2.45) is 0 Å². The number of carbonyl (C=O) groups is 1. The highest BCUT2D eigenvalue weighted by atomic mass is 16.5. The van der Waals surface area contributed by atoms with E-state index in [-0.39, 0.29) is 5.91 Å². The van der Waals surface area contributed by atoms with Crippen LogP contribution in [-0.4, -0.2) is 25.1 Å². The molecule has 3 rings (SSSR count). The van der Waals surface area contributed by atoms with Gasteiger partial charge in [0, 0.05) is 25.1 Å². The number of fused-ring (bicyclic) bond motifs is 1. The molecule has 0 spiro atoms. The number of amides is 1. The zero-order chi connectivity index (χ0) is 17.1.